The number of nitrogens with zero attached hydrogens (tertiary/aromatic N) is 3. The Labute approximate surface area is 165 Å². The zero-order valence-electron chi connectivity index (χ0n) is 16.1. The predicted octanol–water partition coefficient (Wildman–Crippen LogP) is 2.71. The van der Waals surface area contributed by atoms with Gasteiger partial charge < -0.3 is 14.4 Å². The van der Waals surface area contributed by atoms with E-state index < -0.39 is 0 Å². The second kappa shape index (κ2) is 8.44. The summed E-state index contributed by atoms with van der Waals surface area (Å²) in [7, 11) is 1.63. The molecule has 0 aliphatic carbocycles. The molecule has 1 amide bonds. The molecule has 6 heteroatoms. The van der Waals surface area contributed by atoms with Gasteiger partial charge in [-0.1, -0.05) is 24.3 Å². The molecular formula is C22H25N3O3. The molecule has 2 heterocycles. The van der Waals surface area contributed by atoms with E-state index in [4.69, 9.17) is 9.47 Å². The Morgan fingerprint density at radius 1 is 1.11 bits per heavy atom. The summed E-state index contributed by atoms with van der Waals surface area (Å²) in [5.41, 5.74) is 4.18. The van der Waals surface area contributed by atoms with E-state index >= 15 is 0 Å². The summed E-state index contributed by atoms with van der Waals surface area (Å²) in [4.78, 5) is 14.9. The first-order valence-electron chi connectivity index (χ1n) is 9.67. The molecule has 0 radical (unpaired) electrons. The number of hydrogen-bond donors (Lipinski definition) is 0. The molecule has 1 saturated heterocycles. The van der Waals surface area contributed by atoms with Gasteiger partial charge in [-0.3, -0.25) is 4.79 Å². The maximum atomic E-state index is 12.6. The number of hydrogen-bond acceptors (Lipinski definition) is 5. The second-order valence-electron chi connectivity index (χ2n) is 6.99. The third-order valence-corrected chi connectivity index (χ3v) is 5.16. The Balaban J connectivity index is 1.41. The van der Waals surface area contributed by atoms with Gasteiger partial charge in [0.2, 0.25) is 5.91 Å². The molecule has 2 aliphatic rings. The largest absolute Gasteiger partial charge is 0.497 e. The van der Waals surface area contributed by atoms with Gasteiger partial charge in [0, 0.05) is 25.2 Å². The van der Waals surface area contributed by atoms with Crippen LogP contribution in [0.3, 0.4) is 0 Å². The number of amides is 1. The van der Waals surface area contributed by atoms with Gasteiger partial charge >= 0.3 is 0 Å². The van der Waals surface area contributed by atoms with Crippen molar-refractivity contribution in [1.29, 1.82) is 0 Å². The van der Waals surface area contributed by atoms with Gasteiger partial charge in [-0.2, -0.15) is 5.10 Å². The molecule has 28 heavy (non-hydrogen) atoms. The Morgan fingerprint density at radius 3 is 2.64 bits per heavy atom. The van der Waals surface area contributed by atoms with Crippen LogP contribution in [0.25, 0.3) is 0 Å². The average Bonchev–Trinajstić information content (AvgIpc) is 3.25. The van der Waals surface area contributed by atoms with Crippen molar-refractivity contribution < 1.29 is 14.3 Å². The van der Waals surface area contributed by atoms with Crippen molar-refractivity contribution in [3.63, 3.8) is 0 Å². The first-order valence-corrected chi connectivity index (χ1v) is 9.67. The van der Waals surface area contributed by atoms with E-state index in [1.54, 1.807) is 12.1 Å². The number of ether oxygens (including phenoxy) is 2. The van der Waals surface area contributed by atoms with Gasteiger partial charge in [-0.25, -0.2) is 5.01 Å². The molecule has 4 rings (SSSR count). The van der Waals surface area contributed by atoms with Crippen molar-refractivity contribution >= 4 is 17.3 Å². The van der Waals surface area contributed by atoms with Crippen LogP contribution in [0.15, 0.2) is 53.6 Å². The fourth-order valence-electron chi connectivity index (χ4n) is 3.57. The molecule has 1 fully saturated rings. The molecule has 0 atom stereocenters. The number of carbonyl (C=O) groups is 1. The van der Waals surface area contributed by atoms with Gasteiger partial charge in [0.25, 0.3) is 0 Å². The minimum atomic E-state index is 0.00758. The topological polar surface area (TPSA) is 54.4 Å². The van der Waals surface area contributed by atoms with Gasteiger partial charge in [0.05, 0.1) is 39.0 Å². The second-order valence-corrected chi connectivity index (χ2v) is 6.99. The van der Waals surface area contributed by atoms with Crippen LogP contribution in [0, 0.1) is 0 Å². The lowest BCUT2D eigenvalue weighted by atomic mass is 10.1. The fraction of sp³-hybridized carbons (Fsp3) is 0.364. The van der Waals surface area contributed by atoms with Gasteiger partial charge in [-0.05, 0) is 35.4 Å². The third-order valence-electron chi connectivity index (χ3n) is 5.16. The number of methoxy groups -OCH3 is 1. The van der Waals surface area contributed by atoms with E-state index in [0.717, 1.165) is 55.3 Å². The third kappa shape index (κ3) is 4.17. The molecule has 146 valence electrons. The highest BCUT2D eigenvalue weighted by Gasteiger charge is 2.22. The highest BCUT2D eigenvalue weighted by Crippen LogP contribution is 2.21. The predicted molar refractivity (Wildman–Crippen MR) is 109 cm³/mol. The lowest BCUT2D eigenvalue weighted by Gasteiger charge is -2.28. The van der Waals surface area contributed by atoms with E-state index in [2.05, 4.69) is 34.3 Å². The van der Waals surface area contributed by atoms with E-state index in [1.807, 2.05) is 24.3 Å². The van der Waals surface area contributed by atoms with Crippen LogP contribution in [-0.2, 0) is 16.0 Å². The molecule has 2 aromatic rings. The highest BCUT2D eigenvalue weighted by molar-refractivity contribution is 6.03. The zero-order valence-corrected chi connectivity index (χ0v) is 16.1. The van der Waals surface area contributed by atoms with Crippen molar-refractivity contribution in [2.45, 2.75) is 12.8 Å². The lowest BCUT2D eigenvalue weighted by Crippen LogP contribution is -2.36. The molecule has 0 N–H and O–H groups in total. The summed E-state index contributed by atoms with van der Waals surface area (Å²) in [6, 6.07) is 16.1. The Morgan fingerprint density at radius 2 is 1.89 bits per heavy atom. The van der Waals surface area contributed by atoms with E-state index in [0.29, 0.717) is 13.0 Å². The standard InChI is InChI=1S/C22H25N3O3/c1-27-20-4-2-3-17(15-20)16-22(26)25-10-9-21(23-25)18-5-7-19(8-6-18)24-11-13-28-14-12-24/h2-8,15H,9-14,16H2,1H3. The van der Waals surface area contributed by atoms with Crippen LogP contribution in [0.5, 0.6) is 5.75 Å². The lowest BCUT2D eigenvalue weighted by molar-refractivity contribution is -0.130. The van der Waals surface area contributed by atoms with Gasteiger partial charge in [-0.15, -0.1) is 0 Å². The monoisotopic (exact) mass is 379 g/mol. The number of hydrazone groups is 1. The van der Waals surface area contributed by atoms with Gasteiger partial charge in [0.15, 0.2) is 0 Å². The number of anilines is 1. The molecule has 0 saturated carbocycles. The van der Waals surface area contributed by atoms with Gasteiger partial charge in [0.1, 0.15) is 5.75 Å². The molecule has 0 unspecified atom stereocenters. The molecule has 0 spiro atoms. The summed E-state index contributed by atoms with van der Waals surface area (Å²) >= 11 is 0. The molecule has 2 aliphatic heterocycles. The molecule has 0 bridgehead atoms. The Bertz CT molecular complexity index is 858. The van der Waals surface area contributed by atoms with Crippen molar-refractivity contribution in [2.24, 2.45) is 5.10 Å². The van der Waals surface area contributed by atoms with Crippen LogP contribution in [0.1, 0.15) is 17.5 Å². The number of benzene rings is 2. The summed E-state index contributed by atoms with van der Waals surface area (Å²) in [6.45, 7) is 4.03. The quantitative estimate of drug-likeness (QED) is 0.802. The van der Waals surface area contributed by atoms with Crippen molar-refractivity contribution in [3.05, 3.63) is 59.7 Å². The summed E-state index contributed by atoms with van der Waals surface area (Å²) < 4.78 is 10.6. The summed E-state index contributed by atoms with van der Waals surface area (Å²) in [5, 5.41) is 6.16. The highest BCUT2D eigenvalue weighted by atomic mass is 16.5. The van der Waals surface area contributed by atoms with E-state index in [9.17, 15) is 4.79 Å². The normalized spacial score (nSPS) is 16.8. The average molecular weight is 379 g/mol. The molecular weight excluding hydrogens is 354 g/mol. The Hall–Kier alpha value is -2.86. The van der Waals surface area contributed by atoms with Crippen LogP contribution in [0.2, 0.25) is 0 Å². The van der Waals surface area contributed by atoms with Crippen molar-refractivity contribution in [2.75, 3.05) is 44.9 Å². The minimum Gasteiger partial charge on any atom is -0.497 e. The van der Waals surface area contributed by atoms with Crippen LogP contribution >= 0.6 is 0 Å². The zero-order chi connectivity index (χ0) is 19.3. The SMILES string of the molecule is COc1cccc(CC(=O)N2CCC(c3ccc(N4CCOCC4)cc3)=N2)c1. The fourth-order valence-corrected chi connectivity index (χ4v) is 3.57. The van der Waals surface area contributed by atoms with Crippen LogP contribution in [0.4, 0.5) is 5.69 Å². The van der Waals surface area contributed by atoms with Crippen LogP contribution in [-0.4, -0.2) is 56.6 Å². The first kappa shape index (κ1) is 18.5. The van der Waals surface area contributed by atoms with E-state index in [-0.39, 0.29) is 5.91 Å². The summed E-state index contributed by atoms with van der Waals surface area (Å²) in [6.07, 6.45) is 1.10. The molecule has 0 aromatic heterocycles. The Kier molecular flexibility index (Phi) is 5.58. The van der Waals surface area contributed by atoms with Crippen LogP contribution < -0.4 is 9.64 Å². The first-order chi connectivity index (χ1) is 13.7. The maximum absolute atomic E-state index is 12.6. The summed E-state index contributed by atoms with van der Waals surface area (Å²) in [5.74, 6) is 0.768. The number of morpholine rings is 1. The van der Waals surface area contributed by atoms with Crippen molar-refractivity contribution in [1.82, 2.24) is 5.01 Å². The molecule has 6 nitrogen and oxygen atoms in total. The van der Waals surface area contributed by atoms with Crippen molar-refractivity contribution in [3.8, 4) is 5.75 Å². The maximum Gasteiger partial charge on any atom is 0.247 e. The van der Waals surface area contributed by atoms with E-state index in [1.165, 1.54) is 5.69 Å². The molecule has 2 aromatic carbocycles. The number of carbonyl (C=O) groups excluding carboxylic acids is 1. The smallest absolute Gasteiger partial charge is 0.247 e. The number of rotatable bonds is 5. The minimum absolute atomic E-state index is 0.00758.